The molecule has 0 saturated heterocycles. The lowest BCUT2D eigenvalue weighted by Gasteiger charge is -2.27. The van der Waals surface area contributed by atoms with E-state index in [2.05, 4.69) is 0 Å². The maximum Gasteiger partial charge on any atom is 0.336 e. The Labute approximate surface area is 242 Å². The minimum atomic E-state index is -1.50. The molecule has 12 heteroatoms. The Morgan fingerprint density at radius 1 is 0.535 bits per heavy atom. The Morgan fingerprint density at radius 2 is 0.884 bits per heavy atom. The van der Waals surface area contributed by atoms with E-state index in [1.807, 2.05) is 0 Å². The Bertz CT molecular complexity index is 1670. The van der Waals surface area contributed by atoms with Crippen molar-refractivity contribution in [3.8, 4) is 23.0 Å². The molecule has 0 radical (unpaired) electrons. The third-order valence-electron chi connectivity index (χ3n) is 6.67. The third kappa shape index (κ3) is 6.27. The SMILES string of the molecule is CC(C)(c1ccc(Oc2ccc(C(=O)O)c(C(=O)O)c2)c(F)c1)c1ccc(Oc2ccc(C(=O)O)c(C(=O)O)c2)c(F)c1. The van der Waals surface area contributed by atoms with E-state index >= 15 is 8.78 Å². The van der Waals surface area contributed by atoms with Crippen LogP contribution in [0.15, 0.2) is 72.8 Å². The number of ether oxygens (including phenoxy) is 2. The molecule has 0 aliphatic carbocycles. The Hall–Kier alpha value is -5.78. The Kier molecular flexibility index (Phi) is 8.15. The molecule has 43 heavy (non-hydrogen) atoms. The van der Waals surface area contributed by atoms with Gasteiger partial charge >= 0.3 is 23.9 Å². The number of aromatic carboxylic acids is 4. The van der Waals surface area contributed by atoms with Crippen LogP contribution in [-0.2, 0) is 5.41 Å². The fraction of sp³-hybridized carbons (Fsp3) is 0.0968. The van der Waals surface area contributed by atoms with Gasteiger partial charge < -0.3 is 29.9 Å². The first-order chi connectivity index (χ1) is 20.2. The van der Waals surface area contributed by atoms with Crippen molar-refractivity contribution < 1.29 is 57.9 Å². The van der Waals surface area contributed by atoms with Gasteiger partial charge in [-0.05, 0) is 71.8 Å². The predicted molar refractivity (Wildman–Crippen MR) is 146 cm³/mol. The Morgan fingerprint density at radius 3 is 1.19 bits per heavy atom. The van der Waals surface area contributed by atoms with Crippen molar-refractivity contribution in [1.29, 1.82) is 0 Å². The van der Waals surface area contributed by atoms with Crippen LogP contribution in [0.1, 0.15) is 66.4 Å². The van der Waals surface area contributed by atoms with Gasteiger partial charge in [0, 0.05) is 5.41 Å². The van der Waals surface area contributed by atoms with Gasteiger partial charge in [-0.3, -0.25) is 0 Å². The van der Waals surface area contributed by atoms with Crippen molar-refractivity contribution in [2.24, 2.45) is 0 Å². The van der Waals surface area contributed by atoms with Crippen LogP contribution in [0.3, 0.4) is 0 Å². The number of hydrogen-bond acceptors (Lipinski definition) is 6. The molecule has 4 N–H and O–H groups in total. The summed E-state index contributed by atoms with van der Waals surface area (Å²) in [5.41, 5.74) is -2.07. The van der Waals surface area contributed by atoms with Crippen LogP contribution >= 0.6 is 0 Å². The molecule has 4 rings (SSSR count). The summed E-state index contributed by atoms with van der Waals surface area (Å²) < 4.78 is 41.1. The van der Waals surface area contributed by atoms with Crippen LogP contribution in [0.25, 0.3) is 0 Å². The standard InChI is InChI=1S/C31H22F2O10/c1-31(2,15-3-9-25(23(32)11-15)42-17-5-7-19(27(34)35)21(13-17)29(38)39)16-4-10-26(24(33)12-16)43-18-6-8-20(28(36)37)22(14-18)30(40)41/h3-14H,1-2H3,(H,34,35)(H,36,37)(H,38,39)(H,40,41). The van der Waals surface area contributed by atoms with E-state index in [4.69, 9.17) is 19.7 Å². The van der Waals surface area contributed by atoms with Crippen LogP contribution in [0.2, 0.25) is 0 Å². The number of hydrogen-bond donors (Lipinski definition) is 4. The molecule has 0 fully saturated rings. The fourth-order valence-corrected chi connectivity index (χ4v) is 4.27. The number of carboxylic acid groups (broad SMARTS) is 4. The first-order valence-electron chi connectivity index (χ1n) is 12.4. The van der Waals surface area contributed by atoms with Gasteiger partial charge in [0.1, 0.15) is 11.5 Å². The molecule has 0 heterocycles. The molecule has 4 aromatic rings. The smallest absolute Gasteiger partial charge is 0.336 e. The largest absolute Gasteiger partial charge is 0.478 e. The van der Waals surface area contributed by atoms with Gasteiger partial charge in [-0.15, -0.1) is 0 Å². The summed E-state index contributed by atoms with van der Waals surface area (Å²) in [6, 6.07) is 14.4. The summed E-state index contributed by atoms with van der Waals surface area (Å²) in [5.74, 6) is -8.23. The maximum absolute atomic E-state index is 15.1. The first-order valence-corrected chi connectivity index (χ1v) is 12.4. The highest BCUT2D eigenvalue weighted by Gasteiger charge is 2.27. The summed E-state index contributed by atoms with van der Waals surface area (Å²) in [4.78, 5) is 45.4. The second kappa shape index (κ2) is 11.6. The van der Waals surface area contributed by atoms with Crippen molar-refractivity contribution in [1.82, 2.24) is 0 Å². The van der Waals surface area contributed by atoms with Gasteiger partial charge in [0.2, 0.25) is 0 Å². The van der Waals surface area contributed by atoms with Crippen LogP contribution < -0.4 is 9.47 Å². The number of rotatable bonds is 10. The normalized spacial score (nSPS) is 11.1. The van der Waals surface area contributed by atoms with E-state index in [0.717, 1.165) is 24.3 Å². The molecule has 4 aromatic carbocycles. The van der Waals surface area contributed by atoms with E-state index in [1.165, 1.54) is 48.5 Å². The van der Waals surface area contributed by atoms with Gasteiger partial charge in [0.25, 0.3) is 0 Å². The van der Waals surface area contributed by atoms with Gasteiger partial charge in [-0.1, -0.05) is 26.0 Å². The molecule has 0 amide bonds. The first kappa shape index (κ1) is 30.2. The second-order valence-corrected chi connectivity index (χ2v) is 9.75. The molecule has 0 aliphatic heterocycles. The van der Waals surface area contributed by atoms with Gasteiger partial charge in [0.15, 0.2) is 23.1 Å². The van der Waals surface area contributed by atoms with Crippen LogP contribution in [0, 0.1) is 11.6 Å². The molecule has 220 valence electrons. The molecule has 0 unspecified atom stereocenters. The topological polar surface area (TPSA) is 168 Å². The number of carboxylic acids is 4. The van der Waals surface area contributed by atoms with Crippen LogP contribution in [0.5, 0.6) is 23.0 Å². The minimum Gasteiger partial charge on any atom is -0.478 e. The highest BCUT2D eigenvalue weighted by molar-refractivity contribution is 6.02. The monoisotopic (exact) mass is 592 g/mol. The molecule has 0 atom stereocenters. The average Bonchev–Trinajstić information content (AvgIpc) is 2.94. The molecule has 0 bridgehead atoms. The predicted octanol–water partition coefficient (Wildman–Crippen LogP) is 6.67. The molecule has 10 nitrogen and oxygen atoms in total. The fourth-order valence-electron chi connectivity index (χ4n) is 4.27. The van der Waals surface area contributed by atoms with Gasteiger partial charge in [-0.25, -0.2) is 28.0 Å². The summed E-state index contributed by atoms with van der Waals surface area (Å²) in [6.07, 6.45) is 0. The zero-order valence-corrected chi connectivity index (χ0v) is 22.4. The summed E-state index contributed by atoms with van der Waals surface area (Å²) >= 11 is 0. The van der Waals surface area contributed by atoms with E-state index < -0.39 is 63.2 Å². The summed E-state index contributed by atoms with van der Waals surface area (Å²) in [5, 5.41) is 36.9. The quantitative estimate of drug-likeness (QED) is 0.156. The lowest BCUT2D eigenvalue weighted by molar-refractivity contribution is 0.0651. The second-order valence-electron chi connectivity index (χ2n) is 9.75. The van der Waals surface area contributed by atoms with Gasteiger partial charge in [0.05, 0.1) is 22.3 Å². The zero-order chi connectivity index (χ0) is 31.6. The number of benzene rings is 4. The molecule has 0 aliphatic rings. The van der Waals surface area contributed by atoms with Crippen molar-refractivity contribution in [3.05, 3.63) is 118 Å². The molecular weight excluding hydrogens is 570 g/mol. The highest BCUT2D eigenvalue weighted by Crippen LogP contribution is 2.37. The molecule has 0 saturated carbocycles. The summed E-state index contributed by atoms with van der Waals surface area (Å²) in [7, 11) is 0. The molecular formula is C31H22F2O10. The lowest BCUT2D eigenvalue weighted by atomic mass is 9.78. The van der Waals surface area contributed by atoms with E-state index in [-0.39, 0.29) is 23.0 Å². The van der Waals surface area contributed by atoms with Crippen molar-refractivity contribution >= 4 is 23.9 Å². The molecule has 0 spiro atoms. The lowest BCUT2D eigenvalue weighted by Crippen LogP contribution is -2.19. The van der Waals surface area contributed by atoms with Crippen molar-refractivity contribution in [3.63, 3.8) is 0 Å². The Balaban J connectivity index is 1.57. The zero-order valence-electron chi connectivity index (χ0n) is 22.4. The van der Waals surface area contributed by atoms with Crippen LogP contribution in [0.4, 0.5) is 8.78 Å². The van der Waals surface area contributed by atoms with Crippen molar-refractivity contribution in [2.75, 3.05) is 0 Å². The maximum atomic E-state index is 15.1. The third-order valence-corrected chi connectivity index (χ3v) is 6.67. The minimum absolute atomic E-state index is 0.0981. The van der Waals surface area contributed by atoms with Crippen LogP contribution in [-0.4, -0.2) is 44.3 Å². The number of halogens is 2. The van der Waals surface area contributed by atoms with E-state index in [0.29, 0.717) is 11.1 Å². The van der Waals surface area contributed by atoms with Gasteiger partial charge in [-0.2, -0.15) is 0 Å². The highest BCUT2D eigenvalue weighted by atomic mass is 19.1. The summed E-state index contributed by atoms with van der Waals surface area (Å²) in [6.45, 7) is 3.43. The average molecular weight is 593 g/mol. The molecule has 0 aromatic heterocycles. The van der Waals surface area contributed by atoms with E-state index in [9.17, 15) is 29.4 Å². The number of carbonyl (C=O) groups is 4. The van der Waals surface area contributed by atoms with Crippen molar-refractivity contribution in [2.45, 2.75) is 19.3 Å². The van der Waals surface area contributed by atoms with E-state index in [1.54, 1.807) is 13.8 Å².